The zero-order valence-electron chi connectivity index (χ0n) is 6.42. The average Bonchev–Trinajstić information content (AvgIpc) is 1.93. The molecule has 0 amide bonds. The summed E-state index contributed by atoms with van der Waals surface area (Å²) in [6.07, 6.45) is 2.13. The lowest BCUT2D eigenvalue weighted by Gasteiger charge is -2.22. The molecule has 0 saturated heterocycles. The molecular weight excluding hydrogens is 147 g/mol. The van der Waals surface area contributed by atoms with Gasteiger partial charge in [-0.05, 0) is 31.6 Å². The molecule has 2 nitrogen and oxygen atoms in total. The molecule has 0 atom stereocenters. The van der Waals surface area contributed by atoms with E-state index in [1.807, 2.05) is 0 Å². The SMILES string of the molecule is O=C(O)CC1CCC(F)CC1. The summed E-state index contributed by atoms with van der Waals surface area (Å²) in [6, 6.07) is 0. The molecule has 0 heterocycles. The lowest BCUT2D eigenvalue weighted by molar-refractivity contribution is -0.138. The molecule has 0 aliphatic heterocycles. The van der Waals surface area contributed by atoms with Crippen molar-refractivity contribution in [2.24, 2.45) is 5.92 Å². The number of carboxylic acid groups (broad SMARTS) is 1. The van der Waals surface area contributed by atoms with Crippen LogP contribution in [-0.2, 0) is 4.79 Å². The van der Waals surface area contributed by atoms with Crippen LogP contribution < -0.4 is 0 Å². The van der Waals surface area contributed by atoms with Crippen LogP contribution in [0.1, 0.15) is 32.1 Å². The molecule has 0 unspecified atom stereocenters. The molecular formula is C8H13FO2. The van der Waals surface area contributed by atoms with Crippen molar-refractivity contribution in [2.45, 2.75) is 38.3 Å². The average molecular weight is 160 g/mol. The zero-order chi connectivity index (χ0) is 8.27. The van der Waals surface area contributed by atoms with Crippen molar-refractivity contribution in [3.63, 3.8) is 0 Å². The number of carboxylic acids is 1. The van der Waals surface area contributed by atoms with Gasteiger partial charge in [0.15, 0.2) is 0 Å². The second kappa shape index (κ2) is 3.69. The number of carbonyl (C=O) groups is 1. The lowest BCUT2D eigenvalue weighted by atomic mass is 9.86. The van der Waals surface area contributed by atoms with Crippen LogP contribution in [0.4, 0.5) is 4.39 Å². The van der Waals surface area contributed by atoms with Gasteiger partial charge in [-0.25, -0.2) is 4.39 Å². The highest BCUT2D eigenvalue weighted by Gasteiger charge is 2.21. The maximum absolute atomic E-state index is 12.5. The van der Waals surface area contributed by atoms with Crippen molar-refractivity contribution >= 4 is 5.97 Å². The number of rotatable bonds is 2. The topological polar surface area (TPSA) is 37.3 Å². The van der Waals surface area contributed by atoms with Crippen LogP contribution >= 0.6 is 0 Å². The minimum atomic E-state index is -0.757. The van der Waals surface area contributed by atoms with E-state index in [4.69, 9.17) is 5.11 Å². The summed E-state index contributed by atoms with van der Waals surface area (Å²) in [7, 11) is 0. The van der Waals surface area contributed by atoms with Crippen LogP contribution in [-0.4, -0.2) is 17.2 Å². The fourth-order valence-corrected chi connectivity index (χ4v) is 1.57. The molecule has 1 aliphatic carbocycles. The number of hydrogen-bond acceptors (Lipinski definition) is 1. The van der Waals surface area contributed by atoms with Crippen molar-refractivity contribution in [2.75, 3.05) is 0 Å². The molecule has 11 heavy (non-hydrogen) atoms. The fourth-order valence-electron chi connectivity index (χ4n) is 1.57. The fraction of sp³-hybridized carbons (Fsp3) is 0.875. The van der Waals surface area contributed by atoms with Crippen LogP contribution in [0.25, 0.3) is 0 Å². The first-order valence-electron chi connectivity index (χ1n) is 4.04. The van der Waals surface area contributed by atoms with Gasteiger partial charge in [0, 0.05) is 6.42 Å². The summed E-state index contributed by atoms with van der Waals surface area (Å²) in [5.41, 5.74) is 0. The standard InChI is InChI=1S/C8H13FO2/c9-7-3-1-6(2-4-7)5-8(10)11/h6-7H,1-5H2,(H,10,11). The van der Waals surface area contributed by atoms with E-state index in [9.17, 15) is 9.18 Å². The van der Waals surface area contributed by atoms with E-state index in [-0.39, 0.29) is 12.3 Å². The van der Waals surface area contributed by atoms with Gasteiger partial charge in [-0.2, -0.15) is 0 Å². The third kappa shape index (κ3) is 2.87. The van der Waals surface area contributed by atoms with Gasteiger partial charge in [0.25, 0.3) is 0 Å². The molecule has 0 aromatic heterocycles. The first-order chi connectivity index (χ1) is 5.18. The van der Waals surface area contributed by atoms with E-state index in [2.05, 4.69) is 0 Å². The van der Waals surface area contributed by atoms with Gasteiger partial charge in [-0.3, -0.25) is 4.79 Å². The quantitative estimate of drug-likeness (QED) is 0.670. The van der Waals surface area contributed by atoms with E-state index in [1.54, 1.807) is 0 Å². The second-order valence-corrected chi connectivity index (χ2v) is 3.22. The molecule has 1 aliphatic rings. The molecule has 1 N–H and O–H groups in total. The van der Waals surface area contributed by atoms with E-state index >= 15 is 0 Å². The second-order valence-electron chi connectivity index (χ2n) is 3.22. The van der Waals surface area contributed by atoms with Crippen molar-refractivity contribution in [1.82, 2.24) is 0 Å². The first kappa shape index (κ1) is 8.50. The molecule has 3 heteroatoms. The largest absolute Gasteiger partial charge is 0.481 e. The third-order valence-electron chi connectivity index (χ3n) is 2.24. The summed E-state index contributed by atoms with van der Waals surface area (Å²) in [5.74, 6) is -0.535. The van der Waals surface area contributed by atoms with Gasteiger partial charge < -0.3 is 5.11 Å². The Bertz CT molecular complexity index is 139. The molecule has 0 radical (unpaired) electrons. The van der Waals surface area contributed by atoms with Crippen LogP contribution in [0.2, 0.25) is 0 Å². The summed E-state index contributed by atoms with van der Waals surface area (Å²) < 4.78 is 12.5. The van der Waals surface area contributed by atoms with E-state index < -0.39 is 12.1 Å². The normalized spacial score (nSPS) is 31.7. The minimum absolute atomic E-state index is 0.215. The predicted octanol–water partition coefficient (Wildman–Crippen LogP) is 1.99. The lowest BCUT2D eigenvalue weighted by Crippen LogP contribution is -2.17. The molecule has 1 saturated carbocycles. The Morgan fingerprint density at radius 2 is 1.91 bits per heavy atom. The summed E-state index contributed by atoms with van der Waals surface area (Å²) >= 11 is 0. The highest BCUT2D eigenvalue weighted by molar-refractivity contribution is 5.67. The summed E-state index contributed by atoms with van der Waals surface area (Å²) in [4.78, 5) is 10.3. The molecule has 0 spiro atoms. The monoisotopic (exact) mass is 160 g/mol. The van der Waals surface area contributed by atoms with E-state index in [0.717, 1.165) is 12.8 Å². The van der Waals surface area contributed by atoms with E-state index in [1.165, 1.54) is 0 Å². The number of hydrogen-bond donors (Lipinski definition) is 1. The number of aliphatic carboxylic acids is 1. The van der Waals surface area contributed by atoms with Crippen LogP contribution in [0.3, 0.4) is 0 Å². The Morgan fingerprint density at radius 3 is 2.36 bits per heavy atom. The van der Waals surface area contributed by atoms with Gasteiger partial charge in [-0.15, -0.1) is 0 Å². The smallest absolute Gasteiger partial charge is 0.303 e. The molecule has 1 rings (SSSR count). The summed E-state index contributed by atoms with van der Waals surface area (Å²) in [5, 5.41) is 8.44. The Kier molecular flexibility index (Phi) is 2.85. The van der Waals surface area contributed by atoms with Crippen LogP contribution in [0.5, 0.6) is 0 Å². The van der Waals surface area contributed by atoms with Crippen molar-refractivity contribution in [1.29, 1.82) is 0 Å². The predicted molar refractivity (Wildman–Crippen MR) is 39.1 cm³/mol. The first-order valence-corrected chi connectivity index (χ1v) is 4.04. The van der Waals surface area contributed by atoms with E-state index in [0.29, 0.717) is 12.8 Å². The highest BCUT2D eigenvalue weighted by Crippen LogP contribution is 2.28. The van der Waals surface area contributed by atoms with Gasteiger partial charge in [0.1, 0.15) is 6.17 Å². The van der Waals surface area contributed by atoms with Crippen molar-refractivity contribution < 1.29 is 14.3 Å². The molecule has 1 fully saturated rings. The maximum Gasteiger partial charge on any atom is 0.303 e. The number of halogens is 1. The van der Waals surface area contributed by atoms with Gasteiger partial charge >= 0.3 is 5.97 Å². The van der Waals surface area contributed by atoms with Gasteiger partial charge in [0.2, 0.25) is 0 Å². The number of alkyl halides is 1. The molecule has 0 aromatic rings. The molecule has 0 bridgehead atoms. The summed E-state index contributed by atoms with van der Waals surface area (Å²) in [6.45, 7) is 0. The minimum Gasteiger partial charge on any atom is -0.481 e. The third-order valence-corrected chi connectivity index (χ3v) is 2.24. The Balaban J connectivity index is 2.22. The Hall–Kier alpha value is -0.600. The maximum atomic E-state index is 12.5. The molecule has 0 aromatic carbocycles. The van der Waals surface area contributed by atoms with Crippen LogP contribution in [0, 0.1) is 5.92 Å². The van der Waals surface area contributed by atoms with Gasteiger partial charge in [-0.1, -0.05) is 0 Å². The van der Waals surface area contributed by atoms with Crippen molar-refractivity contribution in [3.8, 4) is 0 Å². The molecule has 64 valence electrons. The van der Waals surface area contributed by atoms with Crippen molar-refractivity contribution in [3.05, 3.63) is 0 Å². The zero-order valence-corrected chi connectivity index (χ0v) is 6.42. The highest BCUT2D eigenvalue weighted by atomic mass is 19.1. The van der Waals surface area contributed by atoms with Crippen LogP contribution in [0.15, 0.2) is 0 Å². The van der Waals surface area contributed by atoms with Gasteiger partial charge in [0.05, 0.1) is 0 Å². The Morgan fingerprint density at radius 1 is 1.36 bits per heavy atom. The Labute approximate surface area is 65.4 Å².